The predicted molar refractivity (Wildman–Crippen MR) is 100 cm³/mol. The van der Waals surface area contributed by atoms with E-state index in [0.717, 1.165) is 5.56 Å². The molecule has 0 aromatic heterocycles. The molecule has 1 aliphatic rings. The van der Waals surface area contributed by atoms with Crippen LogP contribution in [0.3, 0.4) is 0 Å². The maximum Gasteiger partial charge on any atom is 0.254 e. The summed E-state index contributed by atoms with van der Waals surface area (Å²) in [6.45, 7) is 3.82. The van der Waals surface area contributed by atoms with Gasteiger partial charge in [-0.3, -0.25) is 9.59 Å². The molecule has 2 aromatic carbocycles. The Labute approximate surface area is 158 Å². The zero-order valence-electron chi connectivity index (χ0n) is 15.6. The molecule has 2 aromatic rings. The maximum atomic E-state index is 13.5. The van der Waals surface area contributed by atoms with E-state index in [1.807, 2.05) is 31.2 Å². The number of carbonyl (C=O) groups excluding carboxylic acids is 2. The van der Waals surface area contributed by atoms with Gasteiger partial charge in [0.1, 0.15) is 11.6 Å². The molecular formula is C21H23FN2O3. The molecule has 1 fully saturated rings. The van der Waals surface area contributed by atoms with Crippen LogP contribution in [0.25, 0.3) is 0 Å². The van der Waals surface area contributed by atoms with Gasteiger partial charge in [0.2, 0.25) is 5.91 Å². The zero-order valence-corrected chi connectivity index (χ0v) is 15.6. The summed E-state index contributed by atoms with van der Waals surface area (Å²) in [5.41, 5.74) is 2.17. The van der Waals surface area contributed by atoms with Gasteiger partial charge in [-0.1, -0.05) is 18.2 Å². The fourth-order valence-corrected chi connectivity index (χ4v) is 3.30. The minimum atomic E-state index is -0.396. The number of methoxy groups -OCH3 is 1. The van der Waals surface area contributed by atoms with Crippen LogP contribution in [0.5, 0.6) is 5.75 Å². The normalized spacial score (nSPS) is 14.2. The van der Waals surface area contributed by atoms with Gasteiger partial charge in [0, 0.05) is 37.3 Å². The molecule has 0 radical (unpaired) electrons. The third-order valence-corrected chi connectivity index (χ3v) is 4.88. The molecule has 142 valence electrons. The van der Waals surface area contributed by atoms with Crippen LogP contribution in [0.1, 0.15) is 21.5 Å². The summed E-state index contributed by atoms with van der Waals surface area (Å²) in [7, 11) is 1.50. The molecule has 0 N–H and O–H groups in total. The minimum Gasteiger partial charge on any atom is -0.496 e. The van der Waals surface area contributed by atoms with E-state index in [-0.39, 0.29) is 18.2 Å². The molecule has 0 aliphatic carbocycles. The molecular weight excluding hydrogens is 347 g/mol. The van der Waals surface area contributed by atoms with Crippen molar-refractivity contribution in [1.82, 2.24) is 9.80 Å². The molecule has 0 saturated carbocycles. The van der Waals surface area contributed by atoms with E-state index in [1.54, 1.807) is 9.80 Å². The Bertz CT molecular complexity index is 845. The average Bonchev–Trinajstić information content (AvgIpc) is 2.68. The standard InChI is InChI=1S/C21H23FN2O3/c1-15-5-3-4-6-18(15)21(26)24-11-9-23(10-12-24)20(25)14-16-13-17(22)7-8-19(16)27-2/h3-8,13H,9-12,14H2,1-2H3. The highest BCUT2D eigenvalue weighted by Crippen LogP contribution is 2.21. The van der Waals surface area contributed by atoms with E-state index in [9.17, 15) is 14.0 Å². The molecule has 0 bridgehead atoms. The van der Waals surface area contributed by atoms with Crippen molar-refractivity contribution in [3.05, 3.63) is 65.0 Å². The van der Waals surface area contributed by atoms with Crippen molar-refractivity contribution in [2.45, 2.75) is 13.3 Å². The van der Waals surface area contributed by atoms with Gasteiger partial charge in [0.25, 0.3) is 5.91 Å². The SMILES string of the molecule is COc1ccc(F)cc1CC(=O)N1CCN(C(=O)c2ccccc2C)CC1. The van der Waals surface area contributed by atoms with Crippen LogP contribution in [0.15, 0.2) is 42.5 Å². The molecule has 0 atom stereocenters. The lowest BCUT2D eigenvalue weighted by Crippen LogP contribution is -2.51. The smallest absolute Gasteiger partial charge is 0.254 e. The second-order valence-electron chi connectivity index (χ2n) is 6.62. The van der Waals surface area contributed by atoms with Gasteiger partial charge < -0.3 is 14.5 Å². The van der Waals surface area contributed by atoms with Crippen molar-refractivity contribution in [3.63, 3.8) is 0 Å². The van der Waals surface area contributed by atoms with E-state index in [1.165, 1.54) is 25.3 Å². The molecule has 6 heteroatoms. The van der Waals surface area contributed by atoms with E-state index < -0.39 is 5.82 Å². The number of aryl methyl sites for hydroxylation is 1. The Balaban J connectivity index is 1.61. The van der Waals surface area contributed by atoms with Crippen molar-refractivity contribution in [1.29, 1.82) is 0 Å². The number of ether oxygens (including phenoxy) is 1. The maximum absolute atomic E-state index is 13.5. The molecule has 1 heterocycles. The van der Waals surface area contributed by atoms with Crippen molar-refractivity contribution >= 4 is 11.8 Å². The summed E-state index contributed by atoms with van der Waals surface area (Å²) in [5.74, 6) is -0.000692. The summed E-state index contributed by atoms with van der Waals surface area (Å²) < 4.78 is 18.7. The van der Waals surface area contributed by atoms with Crippen LogP contribution in [0, 0.1) is 12.7 Å². The van der Waals surface area contributed by atoms with Crippen molar-refractivity contribution < 1.29 is 18.7 Å². The highest BCUT2D eigenvalue weighted by Gasteiger charge is 2.26. The van der Waals surface area contributed by atoms with Crippen molar-refractivity contribution in [3.8, 4) is 5.75 Å². The first kappa shape index (κ1) is 18.9. The Morgan fingerprint density at radius 1 is 1.04 bits per heavy atom. The largest absolute Gasteiger partial charge is 0.496 e. The minimum absolute atomic E-state index is 0.00741. The first-order valence-corrected chi connectivity index (χ1v) is 8.94. The second kappa shape index (κ2) is 8.20. The summed E-state index contributed by atoms with van der Waals surface area (Å²) in [4.78, 5) is 28.8. The van der Waals surface area contributed by atoms with Crippen LogP contribution >= 0.6 is 0 Å². The van der Waals surface area contributed by atoms with Crippen molar-refractivity contribution in [2.24, 2.45) is 0 Å². The van der Waals surface area contributed by atoms with Crippen LogP contribution in [-0.4, -0.2) is 54.9 Å². The summed E-state index contributed by atoms with van der Waals surface area (Å²) in [6.07, 6.45) is 0.0761. The Kier molecular flexibility index (Phi) is 5.74. The Morgan fingerprint density at radius 3 is 2.37 bits per heavy atom. The summed E-state index contributed by atoms with van der Waals surface area (Å²) in [6, 6.07) is 11.7. The molecule has 0 spiro atoms. The molecule has 5 nitrogen and oxygen atoms in total. The Hall–Kier alpha value is -2.89. The molecule has 27 heavy (non-hydrogen) atoms. The number of rotatable bonds is 4. The summed E-state index contributed by atoms with van der Waals surface area (Å²) >= 11 is 0. The number of amides is 2. The number of halogens is 1. The lowest BCUT2D eigenvalue weighted by molar-refractivity contribution is -0.131. The van der Waals surface area contributed by atoms with Crippen LogP contribution in [0.4, 0.5) is 4.39 Å². The average molecular weight is 370 g/mol. The quantitative estimate of drug-likeness (QED) is 0.831. The number of piperazine rings is 1. The van der Waals surface area contributed by atoms with Crippen LogP contribution < -0.4 is 4.74 Å². The van der Waals surface area contributed by atoms with Crippen molar-refractivity contribution in [2.75, 3.05) is 33.3 Å². The van der Waals surface area contributed by atoms with E-state index >= 15 is 0 Å². The van der Waals surface area contributed by atoms with Gasteiger partial charge in [-0.05, 0) is 36.8 Å². The lowest BCUT2D eigenvalue weighted by Gasteiger charge is -2.35. The zero-order chi connectivity index (χ0) is 19.4. The second-order valence-corrected chi connectivity index (χ2v) is 6.62. The van der Waals surface area contributed by atoms with Gasteiger partial charge >= 0.3 is 0 Å². The van der Waals surface area contributed by atoms with E-state index in [4.69, 9.17) is 4.74 Å². The monoisotopic (exact) mass is 370 g/mol. The number of benzene rings is 2. The number of hydrogen-bond acceptors (Lipinski definition) is 3. The molecule has 0 unspecified atom stereocenters. The van der Waals surface area contributed by atoms with Gasteiger partial charge in [0.05, 0.1) is 13.5 Å². The van der Waals surface area contributed by atoms with Crippen LogP contribution in [0.2, 0.25) is 0 Å². The van der Waals surface area contributed by atoms with E-state index in [2.05, 4.69) is 0 Å². The molecule has 3 rings (SSSR count). The Morgan fingerprint density at radius 2 is 1.70 bits per heavy atom. The van der Waals surface area contributed by atoms with Gasteiger partial charge in [0.15, 0.2) is 0 Å². The molecule has 1 saturated heterocycles. The number of hydrogen-bond donors (Lipinski definition) is 0. The first-order chi connectivity index (χ1) is 13.0. The third kappa shape index (κ3) is 4.27. The third-order valence-electron chi connectivity index (χ3n) is 4.88. The predicted octanol–water partition coefficient (Wildman–Crippen LogP) is 2.67. The van der Waals surface area contributed by atoms with Crippen LogP contribution in [-0.2, 0) is 11.2 Å². The first-order valence-electron chi connectivity index (χ1n) is 8.94. The fraction of sp³-hybridized carbons (Fsp3) is 0.333. The molecule has 1 aliphatic heterocycles. The number of nitrogens with zero attached hydrogens (tertiary/aromatic N) is 2. The van der Waals surface area contributed by atoms with Gasteiger partial charge in [-0.15, -0.1) is 0 Å². The highest BCUT2D eigenvalue weighted by atomic mass is 19.1. The number of carbonyl (C=O) groups is 2. The summed E-state index contributed by atoms with van der Waals surface area (Å²) in [5, 5.41) is 0. The van der Waals surface area contributed by atoms with Gasteiger partial charge in [-0.2, -0.15) is 0 Å². The lowest BCUT2D eigenvalue weighted by atomic mass is 10.1. The molecule has 2 amide bonds. The van der Waals surface area contributed by atoms with Gasteiger partial charge in [-0.25, -0.2) is 4.39 Å². The van der Waals surface area contributed by atoms with E-state index in [0.29, 0.717) is 43.1 Å². The highest BCUT2D eigenvalue weighted by molar-refractivity contribution is 5.95. The topological polar surface area (TPSA) is 49.9 Å². The fourth-order valence-electron chi connectivity index (χ4n) is 3.30.